The molecule has 5 nitrogen and oxygen atoms in total. The Morgan fingerprint density at radius 1 is 0.906 bits per heavy atom. The van der Waals surface area contributed by atoms with Crippen molar-refractivity contribution in [1.82, 2.24) is 0 Å². The van der Waals surface area contributed by atoms with E-state index in [2.05, 4.69) is 5.32 Å². The number of amides is 2. The smallest absolute Gasteiger partial charge is 0.282 e. The number of hydrogen-bond donors (Lipinski definition) is 1. The van der Waals surface area contributed by atoms with Gasteiger partial charge in [-0.15, -0.1) is 0 Å². The minimum atomic E-state index is -0.539. The van der Waals surface area contributed by atoms with Gasteiger partial charge in [-0.1, -0.05) is 24.3 Å². The molecule has 0 aliphatic carbocycles. The standard InChI is InChI=1S/C26H23FN2O3/c1-4-32-22-12-10-20(11-13-22)28-24-23(18-9-8-16(2)17(3)14-18)25(30)29(26(24)31)21-7-5-6-19(27)15-21/h5-15,28H,4H2,1-3H3. The lowest BCUT2D eigenvalue weighted by molar-refractivity contribution is -0.120. The molecule has 0 unspecified atom stereocenters. The number of nitrogens with one attached hydrogen (secondary N) is 1. The predicted molar refractivity (Wildman–Crippen MR) is 123 cm³/mol. The zero-order valence-electron chi connectivity index (χ0n) is 18.1. The first kappa shape index (κ1) is 21.3. The van der Waals surface area contributed by atoms with Crippen LogP contribution in [0, 0.1) is 19.7 Å². The number of nitrogens with zero attached hydrogens (tertiary/aromatic N) is 1. The zero-order valence-corrected chi connectivity index (χ0v) is 18.1. The first-order valence-corrected chi connectivity index (χ1v) is 10.3. The summed E-state index contributed by atoms with van der Waals surface area (Å²) in [4.78, 5) is 27.8. The van der Waals surface area contributed by atoms with Gasteiger partial charge in [-0.05, 0) is 79.9 Å². The normalized spacial score (nSPS) is 13.7. The number of benzene rings is 3. The van der Waals surface area contributed by atoms with Crippen LogP contribution in [-0.2, 0) is 9.59 Å². The van der Waals surface area contributed by atoms with Crippen molar-refractivity contribution in [1.29, 1.82) is 0 Å². The molecule has 3 aromatic carbocycles. The molecule has 4 rings (SSSR count). The Hall–Kier alpha value is -3.93. The van der Waals surface area contributed by atoms with Crippen molar-refractivity contribution in [2.75, 3.05) is 16.8 Å². The van der Waals surface area contributed by atoms with E-state index in [4.69, 9.17) is 4.74 Å². The summed E-state index contributed by atoms with van der Waals surface area (Å²) < 4.78 is 19.3. The molecular weight excluding hydrogens is 407 g/mol. The van der Waals surface area contributed by atoms with Gasteiger partial charge >= 0.3 is 0 Å². The van der Waals surface area contributed by atoms with Crippen LogP contribution in [0.15, 0.2) is 72.4 Å². The third kappa shape index (κ3) is 3.99. The molecule has 1 aliphatic rings. The second-order valence-corrected chi connectivity index (χ2v) is 7.56. The quantitative estimate of drug-likeness (QED) is 0.544. The lowest BCUT2D eigenvalue weighted by Gasteiger charge is -2.15. The van der Waals surface area contributed by atoms with Crippen molar-refractivity contribution in [3.8, 4) is 5.75 Å². The Morgan fingerprint density at radius 3 is 2.31 bits per heavy atom. The van der Waals surface area contributed by atoms with Crippen LogP contribution in [0.1, 0.15) is 23.6 Å². The number of halogens is 1. The van der Waals surface area contributed by atoms with Gasteiger partial charge in [0.2, 0.25) is 0 Å². The number of rotatable bonds is 6. The van der Waals surface area contributed by atoms with E-state index in [9.17, 15) is 14.0 Å². The van der Waals surface area contributed by atoms with Crippen LogP contribution >= 0.6 is 0 Å². The van der Waals surface area contributed by atoms with Crippen LogP contribution in [0.4, 0.5) is 15.8 Å². The lowest BCUT2D eigenvalue weighted by Crippen LogP contribution is -2.32. The molecule has 0 saturated carbocycles. The molecule has 6 heteroatoms. The maximum absolute atomic E-state index is 13.8. The number of aryl methyl sites for hydroxylation is 2. The second kappa shape index (κ2) is 8.67. The molecule has 1 N–H and O–H groups in total. The molecule has 0 fully saturated rings. The van der Waals surface area contributed by atoms with E-state index in [0.29, 0.717) is 23.6 Å². The third-order valence-electron chi connectivity index (χ3n) is 5.38. The predicted octanol–water partition coefficient (Wildman–Crippen LogP) is 5.24. The van der Waals surface area contributed by atoms with Gasteiger partial charge in [-0.2, -0.15) is 0 Å². The molecule has 162 valence electrons. The minimum Gasteiger partial charge on any atom is -0.494 e. The van der Waals surface area contributed by atoms with Crippen LogP contribution in [-0.4, -0.2) is 18.4 Å². The van der Waals surface area contributed by atoms with Crippen molar-refractivity contribution < 1.29 is 18.7 Å². The molecule has 0 aromatic heterocycles. The fourth-order valence-electron chi connectivity index (χ4n) is 3.61. The fourth-order valence-corrected chi connectivity index (χ4v) is 3.61. The van der Waals surface area contributed by atoms with E-state index < -0.39 is 17.6 Å². The van der Waals surface area contributed by atoms with Gasteiger partial charge in [0.15, 0.2) is 0 Å². The van der Waals surface area contributed by atoms with E-state index in [1.54, 1.807) is 24.3 Å². The van der Waals surface area contributed by atoms with Gasteiger partial charge in [-0.25, -0.2) is 9.29 Å². The molecule has 3 aromatic rings. The number of ether oxygens (including phenoxy) is 1. The summed E-state index contributed by atoms with van der Waals surface area (Å²) in [5.41, 5.74) is 3.91. The van der Waals surface area contributed by atoms with E-state index in [-0.39, 0.29) is 17.0 Å². The average molecular weight is 430 g/mol. The van der Waals surface area contributed by atoms with Crippen LogP contribution < -0.4 is 15.0 Å². The Labute approximate surface area is 186 Å². The van der Waals surface area contributed by atoms with E-state index in [1.807, 2.05) is 39.0 Å². The molecule has 0 radical (unpaired) electrons. The molecule has 0 atom stereocenters. The number of carbonyl (C=O) groups excluding carboxylic acids is 2. The minimum absolute atomic E-state index is 0.145. The van der Waals surface area contributed by atoms with Gasteiger partial charge in [0.25, 0.3) is 11.8 Å². The Morgan fingerprint density at radius 2 is 1.66 bits per heavy atom. The van der Waals surface area contributed by atoms with Crippen LogP contribution in [0.3, 0.4) is 0 Å². The van der Waals surface area contributed by atoms with Crippen LogP contribution in [0.2, 0.25) is 0 Å². The van der Waals surface area contributed by atoms with Crippen molar-refractivity contribution in [2.24, 2.45) is 0 Å². The topological polar surface area (TPSA) is 58.6 Å². The van der Waals surface area contributed by atoms with Gasteiger partial charge < -0.3 is 10.1 Å². The van der Waals surface area contributed by atoms with E-state index in [0.717, 1.165) is 16.0 Å². The summed E-state index contributed by atoms with van der Waals surface area (Å²) in [6.07, 6.45) is 0. The van der Waals surface area contributed by atoms with Gasteiger partial charge in [-0.3, -0.25) is 9.59 Å². The molecule has 2 amide bonds. The Kier molecular flexibility index (Phi) is 5.77. The van der Waals surface area contributed by atoms with Crippen molar-refractivity contribution in [2.45, 2.75) is 20.8 Å². The fraction of sp³-hybridized carbons (Fsp3) is 0.154. The molecule has 1 heterocycles. The summed E-state index contributed by atoms with van der Waals surface area (Å²) >= 11 is 0. The molecule has 1 aliphatic heterocycles. The highest BCUT2D eigenvalue weighted by Gasteiger charge is 2.40. The molecule has 0 saturated heterocycles. The highest BCUT2D eigenvalue weighted by molar-refractivity contribution is 6.46. The van der Waals surface area contributed by atoms with Crippen LogP contribution in [0.25, 0.3) is 5.57 Å². The molecule has 0 bridgehead atoms. The van der Waals surface area contributed by atoms with Crippen molar-refractivity contribution >= 4 is 28.8 Å². The zero-order chi connectivity index (χ0) is 22.8. The number of imide groups is 1. The first-order valence-electron chi connectivity index (χ1n) is 10.3. The highest BCUT2D eigenvalue weighted by atomic mass is 19.1. The number of anilines is 2. The van der Waals surface area contributed by atoms with E-state index in [1.165, 1.54) is 24.3 Å². The first-order chi connectivity index (χ1) is 15.4. The highest BCUT2D eigenvalue weighted by Crippen LogP contribution is 2.34. The van der Waals surface area contributed by atoms with Gasteiger partial charge in [0.05, 0.1) is 17.9 Å². The van der Waals surface area contributed by atoms with Crippen molar-refractivity contribution in [3.05, 3.63) is 94.9 Å². The summed E-state index contributed by atoms with van der Waals surface area (Å²) in [6.45, 7) is 6.37. The van der Waals surface area contributed by atoms with Gasteiger partial charge in [0.1, 0.15) is 17.3 Å². The lowest BCUT2D eigenvalue weighted by atomic mass is 9.99. The van der Waals surface area contributed by atoms with E-state index >= 15 is 0 Å². The largest absolute Gasteiger partial charge is 0.494 e. The maximum atomic E-state index is 13.8. The van der Waals surface area contributed by atoms with Crippen LogP contribution in [0.5, 0.6) is 5.75 Å². The van der Waals surface area contributed by atoms with Gasteiger partial charge in [0, 0.05) is 5.69 Å². The summed E-state index contributed by atoms with van der Waals surface area (Å²) in [6, 6.07) is 18.2. The molecular formula is C26H23FN2O3. The summed E-state index contributed by atoms with van der Waals surface area (Å²) in [5.74, 6) is -0.861. The SMILES string of the molecule is CCOc1ccc(NC2=C(c3ccc(C)c(C)c3)C(=O)N(c3cccc(F)c3)C2=O)cc1. The third-order valence-corrected chi connectivity index (χ3v) is 5.38. The summed E-state index contributed by atoms with van der Waals surface area (Å²) in [5, 5.41) is 3.11. The molecule has 32 heavy (non-hydrogen) atoms. The van der Waals surface area contributed by atoms with Crippen molar-refractivity contribution in [3.63, 3.8) is 0 Å². The monoisotopic (exact) mass is 430 g/mol. The number of carbonyl (C=O) groups is 2. The summed E-state index contributed by atoms with van der Waals surface area (Å²) in [7, 11) is 0. The number of hydrogen-bond acceptors (Lipinski definition) is 4. The maximum Gasteiger partial charge on any atom is 0.282 e. The second-order valence-electron chi connectivity index (χ2n) is 7.56. The Balaban J connectivity index is 1.79. The Bertz CT molecular complexity index is 1230. The molecule has 0 spiro atoms. The average Bonchev–Trinajstić information content (AvgIpc) is 3.01.